The maximum absolute atomic E-state index is 12.6. The van der Waals surface area contributed by atoms with Crippen LogP contribution in [-0.2, 0) is 14.3 Å². The molecular formula is C18H23NO6. The first-order chi connectivity index (χ1) is 12.1. The molecule has 1 amide bonds. The van der Waals surface area contributed by atoms with Crippen molar-refractivity contribution >= 4 is 11.9 Å². The summed E-state index contributed by atoms with van der Waals surface area (Å²) in [5, 5.41) is 11.9. The van der Waals surface area contributed by atoms with Crippen molar-refractivity contribution in [2.75, 3.05) is 26.4 Å². The van der Waals surface area contributed by atoms with E-state index in [1.807, 2.05) is 0 Å². The van der Waals surface area contributed by atoms with Crippen molar-refractivity contribution in [1.29, 1.82) is 0 Å². The quantitative estimate of drug-likeness (QED) is 0.777. The molecule has 25 heavy (non-hydrogen) atoms. The van der Waals surface area contributed by atoms with Crippen LogP contribution in [0.2, 0.25) is 0 Å². The summed E-state index contributed by atoms with van der Waals surface area (Å²) in [6.45, 7) is 1.88. The van der Waals surface area contributed by atoms with Crippen molar-refractivity contribution in [2.45, 2.75) is 37.3 Å². The largest absolute Gasteiger partial charge is 0.491 e. The number of rotatable bonds is 7. The Morgan fingerprint density at radius 1 is 1.36 bits per heavy atom. The molecule has 2 unspecified atom stereocenters. The summed E-state index contributed by atoms with van der Waals surface area (Å²) in [4.78, 5) is 23.7. The van der Waals surface area contributed by atoms with Crippen molar-refractivity contribution in [3.05, 3.63) is 29.8 Å². The first kappa shape index (κ1) is 17.7. The van der Waals surface area contributed by atoms with E-state index >= 15 is 0 Å². The van der Waals surface area contributed by atoms with E-state index in [2.05, 4.69) is 5.32 Å². The molecule has 2 aliphatic rings. The average Bonchev–Trinajstić information content (AvgIpc) is 3.25. The lowest BCUT2D eigenvalue weighted by molar-refractivity contribution is -0.138. The van der Waals surface area contributed by atoms with Gasteiger partial charge in [0.15, 0.2) is 0 Å². The van der Waals surface area contributed by atoms with Crippen molar-refractivity contribution in [2.24, 2.45) is 0 Å². The molecule has 0 radical (unpaired) electrons. The van der Waals surface area contributed by atoms with E-state index in [1.54, 1.807) is 24.3 Å². The topological polar surface area (TPSA) is 94.1 Å². The van der Waals surface area contributed by atoms with Gasteiger partial charge >= 0.3 is 5.97 Å². The zero-order valence-electron chi connectivity index (χ0n) is 14.0. The fraction of sp³-hybridized carbons (Fsp3) is 0.556. The van der Waals surface area contributed by atoms with Gasteiger partial charge in [-0.25, -0.2) is 0 Å². The summed E-state index contributed by atoms with van der Waals surface area (Å²) in [5.74, 6) is -0.688. The standard InChI is InChI=1S/C18H23NO6/c20-16(21)10-18(6-8-23-12-18)19-17(22)13-3-1-4-14(9-13)25-11-15-5-2-7-24-15/h1,3-4,9,15H,2,5-8,10-12H2,(H,19,22)(H,20,21). The van der Waals surface area contributed by atoms with Crippen molar-refractivity contribution in [3.8, 4) is 5.75 Å². The van der Waals surface area contributed by atoms with Crippen molar-refractivity contribution < 1.29 is 28.9 Å². The third-order valence-electron chi connectivity index (χ3n) is 4.53. The number of hydrogen-bond acceptors (Lipinski definition) is 5. The van der Waals surface area contributed by atoms with Gasteiger partial charge in [-0.15, -0.1) is 0 Å². The van der Waals surface area contributed by atoms with Crippen LogP contribution in [0.3, 0.4) is 0 Å². The molecule has 0 aromatic heterocycles. The van der Waals surface area contributed by atoms with Crippen LogP contribution in [0.1, 0.15) is 36.0 Å². The number of carbonyl (C=O) groups excluding carboxylic acids is 1. The predicted octanol–water partition coefficient (Wildman–Crippen LogP) is 1.61. The van der Waals surface area contributed by atoms with Gasteiger partial charge in [0.2, 0.25) is 0 Å². The zero-order chi connectivity index (χ0) is 17.7. The molecule has 0 saturated carbocycles. The van der Waals surface area contributed by atoms with E-state index in [9.17, 15) is 9.59 Å². The molecule has 7 heteroatoms. The van der Waals surface area contributed by atoms with Gasteiger partial charge in [-0.05, 0) is 37.5 Å². The second-order valence-corrected chi connectivity index (χ2v) is 6.58. The highest BCUT2D eigenvalue weighted by Gasteiger charge is 2.38. The lowest BCUT2D eigenvalue weighted by atomic mass is 9.93. The van der Waals surface area contributed by atoms with E-state index in [4.69, 9.17) is 19.3 Å². The fourth-order valence-corrected chi connectivity index (χ4v) is 3.18. The molecule has 2 atom stereocenters. The number of benzene rings is 1. The van der Waals surface area contributed by atoms with Crippen molar-refractivity contribution in [3.63, 3.8) is 0 Å². The third-order valence-corrected chi connectivity index (χ3v) is 4.53. The second-order valence-electron chi connectivity index (χ2n) is 6.58. The smallest absolute Gasteiger partial charge is 0.305 e. The van der Waals surface area contributed by atoms with Gasteiger partial charge in [0.1, 0.15) is 12.4 Å². The van der Waals surface area contributed by atoms with Crippen LogP contribution >= 0.6 is 0 Å². The number of ether oxygens (including phenoxy) is 3. The number of carboxylic acids is 1. The number of aliphatic carboxylic acids is 1. The molecule has 1 aromatic rings. The van der Waals surface area contributed by atoms with Gasteiger partial charge in [0.25, 0.3) is 5.91 Å². The number of carboxylic acid groups (broad SMARTS) is 1. The lowest BCUT2D eigenvalue weighted by Gasteiger charge is -2.27. The maximum atomic E-state index is 12.6. The SMILES string of the molecule is O=C(O)CC1(NC(=O)c2cccc(OCC3CCCO3)c2)CCOC1. The third kappa shape index (κ3) is 4.70. The van der Waals surface area contributed by atoms with Gasteiger partial charge in [0.05, 0.1) is 24.7 Å². The van der Waals surface area contributed by atoms with Crippen LogP contribution < -0.4 is 10.1 Å². The molecule has 7 nitrogen and oxygen atoms in total. The van der Waals surface area contributed by atoms with Crippen LogP contribution in [-0.4, -0.2) is 55.1 Å². The van der Waals surface area contributed by atoms with Crippen LogP contribution in [0.15, 0.2) is 24.3 Å². The van der Waals surface area contributed by atoms with Crippen molar-refractivity contribution in [1.82, 2.24) is 5.32 Å². The summed E-state index contributed by atoms with van der Waals surface area (Å²) in [5.41, 5.74) is -0.418. The number of carbonyl (C=O) groups is 2. The summed E-state index contributed by atoms with van der Waals surface area (Å²) in [6, 6.07) is 6.87. The molecule has 2 heterocycles. The normalized spacial score (nSPS) is 25.7. The highest BCUT2D eigenvalue weighted by atomic mass is 16.5. The molecule has 2 N–H and O–H groups in total. The highest BCUT2D eigenvalue weighted by molar-refractivity contribution is 5.95. The van der Waals surface area contributed by atoms with Gasteiger partial charge in [-0.2, -0.15) is 0 Å². The number of amides is 1. The Kier molecular flexibility index (Phi) is 5.55. The minimum absolute atomic E-state index is 0.104. The Hall–Kier alpha value is -2.12. The van der Waals surface area contributed by atoms with E-state index in [1.165, 1.54) is 0 Å². The Morgan fingerprint density at radius 3 is 2.92 bits per heavy atom. The van der Waals surface area contributed by atoms with E-state index < -0.39 is 11.5 Å². The van der Waals surface area contributed by atoms with E-state index in [-0.39, 0.29) is 25.0 Å². The summed E-state index contributed by atoms with van der Waals surface area (Å²) in [7, 11) is 0. The second kappa shape index (κ2) is 7.84. The molecule has 2 aliphatic heterocycles. The van der Waals surface area contributed by atoms with E-state index in [0.717, 1.165) is 19.4 Å². The number of nitrogens with one attached hydrogen (secondary N) is 1. The summed E-state index contributed by atoms with van der Waals surface area (Å²) >= 11 is 0. The summed E-state index contributed by atoms with van der Waals surface area (Å²) < 4.78 is 16.5. The Balaban J connectivity index is 1.62. The molecule has 1 aromatic carbocycles. The van der Waals surface area contributed by atoms with Crippen LogP contribution in [0, 0.1) is 0 Å². The lowest BCUT2D eigenvalue weighted by Crippen LogP contribution is -2.50. The minimum Gasteiger partial charge on any atom is -0.491 e. The van der Waals surface area contributed by atoms with Crippen LogP contribution in [0.5, 0.6) is 5.75 Å². The molecule has 136 valence electrons. The Labute approximate surface area is 146 Å². The van der Waals surface area contributed by atoms with Gasteiger partial charge in [0, 0.05) is 18.8 Å². The molecule has 0 bridgehead atoms. The van der Waals surface area contributed by atoms with Gasteiger partial charge in [-0.1, -0.05) is 6.07 Å². The molecule has 2 saturated heterocycles. The Morgan fingerprint density at radius 2 is 2.24 bits per heavy atom. The van der Waals surface area contributed by atoms with Gasteiger partial charge in [-0.3, -0.25) is 9.59 Å². The first-order valence-electron chi connectivity index (χ1n) is 8.53. The monoisotopic (exact) mass is 349 g/mol. The zero-order valence-corrected chi connectivity index (χ0v) is 14.0. The highest BCUT2D eigenvalue weighted by Crippen LogP contribution is 2.24. The van der Waals surface area contributed by atoms with Crippen LogP contribution in [0.25, 0.3) is 0 Å². The Bertz CT molecular complexity index is 620. The minimum atomic E-state index is -0.959. The number of hydrogen-bond donors (Lipinski definition) is 2. The average molecular weight is 349 g/mol. The fourth-order valence-electron chi connectivity index (χ4n) is 3.18. The molecule has 0 spiro atoms. The summed E-state index contributed by atoms with van der Waals surface area (Å²) in [6.07, 6.45) is 2.46. The van der Waals surface area contributed by atoms with Crippen LogP contribution in [0.4, 0.5) is 0 Å². The molecule has 0 aliphatic carbocycles. The van der Waals surface area contributed by atoms with E-state index in [0.29, 0.717) is 30.9 Å². The molecular weight excluding hydrogens is 326 g/mol. The predicted molar refractivity (Wildman–Crippen MR) is 88.8 cm³/mol. The maximum Gasteiger partial charge on any atom is 0.305 e. The first-order valence-corrected chi connectivity index (χ1v) is 8.53. The van der Waals surface area contributed by atoms with Gasteiger partial charge < -0.3 is 24.6 Å². The molecule has 3 rings (SSSR count). The molecule has 2 fully saturated rings.